The van der Waals surface area contributed by atoms with E-state index in [2.05, 4.69) is 17.2 Å². The van der Waals surface area contributed by atoms with Crippen molar-refractivity contribution in [3.8, 4) is 17.9 Å². The van der Waals surface area contributed by atoms with Crippen LogP contribution in [0.15, 0.2) is 36.4 Å². The Bertz CT molecular complexity index is 1300. The lowest BCUT2D eigenvalue weighted by Crippen LogP contribution is -2.41. The van der Waals surface area contributed by atoms with Gasteiger partial charge in [-0.05, 0) is 61.2 Å². The third kappa shape index (κ3) is 5.87. The van der Waals surface area contributed by atoms with Crippen LogP contribution in [-0.2, 0) is 22.6 Å². The number of aliphatic hydroxyl groups is 2. The molecule has 1 saturated carbocycles. The van der Waals surface area contributed by atoms with Crippen molar-refractivity contribution in [1.82, 2.24) is 0 Å². The zero-order valence-corrected chi connectivity index (χ0v) is 18.9. The molecule has 0 saturated heterocycles. The first-order chi connectivity index (χ1) is 17.2. The number of aliphatic hydroxyl groups excluding tert-OH is 2. The zero-order chi connectivity index (χ0) is 27.6. The molecule has 1 aliphatic rings. The minimum Gasteiger partial charge on any atom is -0.394 e. The van der Waals surface area contributed by atoms with Crippen LogP contribution in [0, 0.1) is 34.4 Å². The van der Waals surface area contributed by atoms with E-state index in [1.807, 2.05) is 0 Å². The number of rotatable bonds is 6. The number of anilines is 1. The summed E-state index contributed by atoms with van der Waals surface area (Å²) < 4.78 is 94.4. The third-order valence-corrected chi connectivity index (χ3v) is 6.17. The van der Waals surface area contributed by atoms with Crippen LogP contribution in [0.2, 0.25) is 0 Å². The van der Waals surface area contributed by atoms with E-state index in [9.17, 15) is 40.6 Å². The number of nitriles is 1. The van der Waals surface area contributed by atoms with Crippen LogP contribution in [-0.4, -0.2) is 29.3 Å². The highest BCUT2D eigenvalue weighted by Gasteiger charge is 2.54. The predicted octanol–water partition coefficient (Wildman–Crippen LogP) is 4.77. The summed E-state index contributed by atoms with van der Waals surface area (Å²) in [7, 11) is 0. The highest BCUT2D eigenvalue weighted by Crippen LogP contribution is 2.56. The van der Waals surface area contributed by atoms with E-state index < -0.39 is 76.9 Å². The molecule has 0 bridgehead atoms. The molecule has 1 amide bonds. The van der Waals surface area contributed by atoms with Gasteiger partial charge in [-0.1, -0.05) is 11.8 Å². The summed E-state index contributed by atoms with van der Waals surface area (Å²) in [4.78, 5) is 13.3. The van der Waals surface area contributed by atoms with Crippen LogP contribution in [0.25, 0.3) is 0 Å². The minimum atomic E-state index is -4.92. The Morgan fingerprint density at radius 3 is 2.22 bits per heavy atom. The van der Waals surface area contributed by atoms with E-state index in [4.69, 9.17) is 10.4 Å². The molecular formula is C25H19F7N2O3. The fourth-order valence-electron chi connectivity index (χ4n) is 4.14. The maximum absolute atomic E-state index is 14.7. The molecule has 1 aliphatic carbocycles. The number of halogens is 7. The molecule has 37 heavy (non-hydrogen) atoms. The first-order valence-electron chi connectivity index (χ1n) is 10.7. The molecule has 196 valence electrons. The number of benzene rings is 2. The molecule has 0 aromatic heterocycles. The van der Waals surface area contributed by atoms with Gasteiger partial charge in [0.1, 0.15) is 17.8 Å². The van der Waals surface area contributed by atoms with Crippen molar-refractivity contribution in [3.05, 3.63) is 64.5 Å². The molecule has 0 radical (unpaired) electrons. The van der Waals surface area contributed by atoms with Crippen molar-refractivity contribution in [2.24, 2.45) is 5.41 Å². The molecule has 2 aromatic rings. The maximum atomic E-state index is 14.7. The lowest BCUT2D eigenvalue weighted by atomic mass is 9.74. The number of alkyl halides is 6. The van der Waals surface area contributed by atoms with Gasteiger partial charge in [-0.2, -0.15) is 31.6 Å². The molecule has 1 unspecified atom stereocenters. The second kappa shape index (κ2) is 10.0. The van der Waals surface area contributed by atoms with Gasteiger partial charge < -0.3 is 15.5 Å². The fraction of sp³-hybridized carbons (Fsp3) is 0.360. The second-order valence-electron chi connectivity index (χ2n) is 8.67. The van der Waals surface area contributed by atoms with E-state index in [-0.39, 0.29) is 18.4 Å². The van der Waals surface area contributed by atoms with Gasteiger partial charge >= 0.3 is 12.4 Å². The summed E-state index contributed by atoms with van der Waals surface area (Å²) in [6, 6.07) is 5.59. The first kappa shape index (κ1) is 28.0. The molecule has 0 heterocycles. The monoisotopic (exact) mass is 528 g/mol. The Kier molecular flexibility index (Phi) is 7.59. The van der Waals surface area contributed by atoms with Gasteiger partial charge in [0, 0.05) is 11.1 Å². The number of nitrogens with zero attached hydrogens (tertiary/aromatic N) is 1. The molecule has 0 spiro atoms. The Labute approximate surface area is 206 Å². The smallest absolute Gasteiger partial charge is 0.394 e. The molecule has 1 atom stereocenters. The van der Waals surface area contributed by atoms with E-state index in [1.165, 1.54) is 6.07 Å². The number of hydrogen-bond acceptors (Lipinski definition) is 4. The number of carbonyl (C=O) groups is 1. The molecule has 2 aromatic carbocycles. The van der Waals surface area contributed by atoms with Crippen molar-refractivity contribution < 1.29 is 45.7 Å². The van der Waals surface area contributed by atoms with Crippen LogP contribution >= 0.6 is 0 Å². The molecule has 3 rings (SSSR count). The Morgan fingerprint density at radius 1 is 1.03 bits per heavy atom. The van der Waals surface area contributed by atoms with E-state index in [0.717, 1.165) is 12.1 Å². The molecule has 0 aliphatic heterocycles. The summed E-state index contributed by atoms with van der Waals surface area (Å²) in [6.45, 7) is -1.80. The maximum Gasteiger partial charge on any atom is 0.417 e. The quantitative estimate of drug-likeness (QED) is 0.372. The average Bonchev–Trinajstić information content (AvgIpc) is 3.60. The van der Waals surface area contributed by atoms with Crippen molar-refractivity contribution in [2.75, 3.05) is 18.5 Å². The highest BCUT2D eigenvalue weighted by molar-refractivity contribution is 5.98. The van der Waals surface area contributed by atoms with Gasteiger partial charge in [-0.3, -0.25) is 4.79 Å². The van der Waals surface area contributed by atoms with Gasteiger partial charge in [0.25, 0.3) is 0 Å². The summed E-state index contributed by atoms with van der Waals surface area (Å²) in [5.41, 5.74) is -7.31. The molecule has 12 heteroatoms. The summed E-state index contributed by atoms with van der Waals surface area (Å²) >= 11 is 0. The van der Waals surface area contributed by atoms with Crippen molar-refractivity contribution in [2.45, 2.75) is 37.0 Å². The number of carbonyl (C=O) groups excluding carboxylic acids is 1. The van der Waals surface area contributed by atoms with Crippen LogP contribution < -0.4 is 5.32 Å². The van der Waals surface area contributed by atoms with Crippen LogP contribution in [0.1, 0.15) is 41.5 Å². The SMILES string of the molecule is N#Cc1ccc(NC(=O)C(C#CCO)(CO)CC2(c3cc(C(F)(F)F)ccc3F)CC2)cc1C(F)(F)F. The standard InChI is InChI=1S/C25H19F7N2O3/c26-20-5-3-16(24(27,28)29)10-19(20)22(7-8-22)13-23(14-36,6-1-9-35)21(37)34-17-4-2-15(12-33)18(11-17)25(30,31)32/h2-5,10-11,35-36H,7-9,13-14H2,(H,34,37). The molecule has 5 nitrogen and oxygen atoms in total. The van der Waals surface area contributed by atoms with Gasteiger partial charge in [0.15, 0.2) is 0 Å². The molecule has 3 N–H and O–H groups in total. The number of hydrogen-bond donors (Lipinski definition) is 3. The fourth-order valence-corrected chi connectivity index (χ4v) is 4.14. The van der Waals surface area contributed by atoms with Crippen LogP contribution in [0.5, 0.6) is 0 Å². The first-order valence-corrected chi connectivity index (χ1v) is 10.7. The minimum absolute atomic E-state index is 0.149. The molecular weight excluding hydrogens is 509 g/mol. The van der Waals surface area contributed by atoms with E-state index in [0.29, 0.717) is 24.3 Å². The van der Waals surface area contributed by atoms with Crippen molar-refractivity contribution >= 4 is 11.6 Å². The highest BCUT2D eigenvalue weighted by atomic mass is 19.4. The van der Waals surface area contributed by atoms with Crippen molar-refractivity contribution in [3.63, 3.8) is 0 Å². The predicted molar refractivity (Wildman–Crippen MR) is 116 cm³/mol. The second-order valence-corrected chi connectivity index (χ2v) is 8.67. The summed E-state index contributed by atoms with van der Waals surface area (Å²) in [5, 5.41) is 30.5. The lowest BCUT2D eigenvalue weighted by Gasteiger charge is -2.31. The van der Waals surface area contributed by atoms with Gasteiger partial charge in [-0.15, -0.1) is 0 Å². The molecule has 1 fully saturated rings. The van der Waals surface area contributed by atoms with Gasteiger partial charge in [-0.25, -0.2) is 4.39 Å². The summed E-state index contributed by atoms with van der Waals surface area (Å²) in [6.07, 6.45) is -9.87. The zero-order valence-electron chi connectivity index (χ0n) is 18.9. The Balaban J connectivity index is 2.02. The lowest BCUT2D eigenvalue weighted by molar-refractivity contribution is -0.138. The Hall–Kier alpha value is -3.61. The third-order valence-electron chi connectivity index (χ3n) is 6.17. The normalized spacial score (nSPS) is 16.1. The topological polar surface area (TPSA) is 93.4 Å². The van der Waals surface area contributed by atoms with Crippen LogP contribution in [0.3, 0.4) is 0 Å². The van der Waals surface area contributed by atoms with Gasteiger partial charge in [0.05, 0.1) is 29.4 Å². The van der Waals surface area contributed by atoms with Gasteiger partial charge in [0.2, 0.25) is 5.91 Å². The number of amides is 1. The van der Waals surface area contributed by atoms with E-state index >= 15 is 0 Å². The average molecular weight is 528 g/mol. The van der Waals surface area contributed by atoms with E-state index in [1.54, 1.807) is 0 Å². The summed E-state index contributed by atoms with van der Waals surface area (Å²) in [5.74, 6) is 2.49. The van der Waals surface area contributed by atoms with Crippen molar-refractivity contribution in [1.29, 1.82) is 5.26 Å². The Morgan fingerprint density at radius 2 is 1.70 bits per heavy atom. The largest absolute Gasteiger partial charge is 0.417 e. The van der Waals surface area contributed by atoms with Crippen LogP contribution in [0.4, 0.5) is 36.4 Å². The number of nitrogens with one attached hydrogen (secondary N) is 1.